The van der Waals surface area contributed by atoms with Gasteiger partial charge in [-0.3, -0.25) is 15.0 Å². The van der Waals surface area contributed by atoms with Crippen molar-refractivity contribution in [3.63, 3.8) is 0 Å². The van der Waals surface area contributed by atoms with E-state index in [4.69, 9.17) is 4.99 Å². The third-order valence-electron chi connectivity index (χ3n) is 6.81. The molecule has 0 atom stereocenters. The molecule has 0 amide bonds. The molecule has 0 unspecified atom stereocenters. The van der Waals surface area contributed by atoms with Crippen molar-refractivity contribution >= 4 is 28.0 Å². The molecule has 3 aromatic carbocycles. The van der Waals surface area contributed by atoms with Crippen molar-refractivity contribution in [2.75, 3.05) is 19.7 Å². The number of nitro benzene ring substituents is 1. The Labute approximate surface area is 208 Å². The number of non-ortho nitro benzene ring substituents is 1. The number of hydrogen-bond acceptors (Lipinski definition) is 6. The van der Waals surface area contributed by atoms with Gasteiger partial charge in [-0.2, -0.15) is 0 Å². The number of piperidine rings is 1. The van der Waals surface area contributed by atoms with Crippen molar-refractivity contribution in [2.24, 2.45) is 10.9 Å². The second kappa shape index (κ2) is 10.3. The van der Waals surface area contributed by atoms with E-state index in [-0.39, 0.29) is 18.2 Å². The third-order valence-corrected chi connectivity index (χ3v) is 6.81. The molecular formula is C28H28N4O4. The molecule has 1 fully saturated rings. The standard InChI is InChI=1S/C28H28N4O4/c33-18-20-12-14-31(15-13-20)17-19-6-8-22(9-7-19)29-27(21-4-2-1-3-5-21)26-24-16-23(32(35)36)10-11-25(24)30-28(26)34/h1-11,16,20,30,33-34H,12-15,17-18H2. The normalized spacial score (nSPS) is 15.4. The van der Waals surface area contributed by atoms with E-state index in [2.05, 4.69) is 22.0 Å². The summed E-state index contributed by atoms with van der Waals surface area (Å²) in [7, 11) is 0. The zero-order chi connectivity index (χ0) is 25.1. The lowest BCUT2D eigenvalue weighted by molar-refractivity contribution is -0.384. The first-order valence-electron chi connectivity index (χ1n) is 12.1. The van der Waals surface area contributed by atoms with E-state index in [9.17, 15) is 20.3 Å². The molecular weight excluding hydrogens is 456 g/mol. The van der Waals surface area contributed by atoms with Crippen LogP contribution in [0, 0.1) is 16.0 Å². The summed E-state index contributed by atoms with van der Waals surface area (Å²) >= 11 is 0. The van der Waals surface area contributed by atoms with Gasteiger partial charge < -0.3 is 15.2 Å². The topological polar surface area (TPSA) is 115 Å². The van der Waals surface area contributed by atoms with Gasteiger partial charge in [-0.1, -0.05) is 42.5 Å². The smallest absolute Gasteiger partial charge is 0.270 e. The SMILES string of the molecule is O=[N+]([O-])c1ccc2[nH]c(O)c(C(=Nc3ccc(CN4CCC(CO)CC4)cc3)c3ccccc3)c2c1. The predicted octanol–water partition coefficient (Wildman–Crippen LogP) is 5.16. The van der Waals surface area contributed by atoms with Crippen LogP contribution in [-0.2, 0) is 6.54 Å². The number of aromatic amines is 1. The number of nitrogens with zero attached hydrogens (tertiary/aromatic N) is 3. The zero-order valence-electron chi connectivity index (χ0n) is 19.8. The summed E-state index contributed by atoms with van der Waals surface area (Å²) < 4.78 is 0. The molecule has 1 saturated heterocycles. The van der Waals surface area contributed by atoms with Crippen LogP contribution >= 0.6 is 0 Å². The number of rotatable bonds is 7. The number of fused-ring (bicyclic) bond motifs is 1. The van der Waals surface area contributed by atoms with Crippen LogP contribution in [0.3, 0.4) is 0 Å². The number of nitro groups is 1. The molecule has 0 aliphatic carbocycles. The Morgan fingerprint density at radius 2 is 1.78 bits per heavy atom. The molecule has 1 aliphatic heterocycles. The summed E-state index contributed by atoms with van der Waals surface area (Å²) in [6.45, 7) is 3.08. The number of benzene rings is 3. The fraction of sp³-hybridized carbons (Fsp3) is 0.250. The molecule has 2 heterocycles. The molecule has 8 nitrogen and oxygen atoms in total. The van der Waals surface area contributed by atoms with Crippen molar-refractivity contribution in [3.8, 4) is 5.88 Å². The zero-order valence-corrected chi connectivity index (χ0v) is 19.8. The largest absolute Gasteiger partial charge is 0.494 e. The molecule has 0 radical (unpaired) electrons. The molecule has 0 saturated carbocycles. The van der Waals surface area contributed by atoms with E-state index in [0.717, 1.165) is 43.7 Å². The van der Waals surface area contributed by atoms with Crippen LogP contribution in [0.15, 0.2) is 77.8 Å². The molecule has 0 bridgehead atoms. The number of aromatic hydroxyl groups is 1. The maximum Gasteiger partial charge on any atom is 0.270 e. The van der Waals surface area contributed by atoms with E-state index in [1.54, 1.807) is 6.07 Å². The van der Waals surface area contributed by atoms with Crippen LogP contribution in [0.4, 0.5) is 11.4 Å². The molecule has 3 N–H and O–H groups in total. The number of hydrogen-bond donors (Lipinski definition) is 3. The molecule has 8 heteroatoms. The first-order chi connectivity index (χ1) is 17.5. The van der Waals surface area contributed by atoms with Gasteiger partial charge in [0.1, 0.15) is 0 Å². The molecule has 1 aromatic heterocycles. The highest BCUT2D eigenvalue weighted by Gasteiger charge is 2.21. The molecule has 4 aromatic rings. The first kappa shape index (κ1) is 23.7. The van der Waals surface area contributed by atoms with Crippen molar-refractivity contribution in [3.05, 3.63) is 99.6 Å². The Kier molecular flexibility index (Phi) is 6.79. The number of aliphatic hydroxyl groups is 1. The molecule has 36 heavy (non-hydrogen) atoms. The average Bonchev–Trinajstić information content (AvgIpc) is 3.24. The minimum absolute atomic E-state index is 0.0532. The van der Waals surface area contributed by atoms with Crippen LogP contribution in [0.5, 0.6) is 5.88 Å². The second-order valence-electron chi connectivity index (χ2n) is 9.23. The Hall–Kier alpha value is -4.01. The highest BCUT2D eigenvalue weighted by molar-refractivity contribution is 6.22. The number of aromatic nitrogens is 1. The van der Waals surface area contributed by atoms with Gasteiger partial charge in [-0.25, -0.2) is 4.99 Å². The number of aliphatic hydroxyl groups excluding tert-OH is 1. The summed E-state index contributed by atoms with van der Waals surface area (Å²) in [5.41, 5.74) is 4.18. The minimum atomic E-state index is -0.447. The highest BCUT2D eigenvalue weighted by Crippen LogP contribution is 2.33. The number of likely N-dealkylation sites (tertiary alicyclic amines) is 1. The lowest BCUT2D eigenvalue weighted by Crippen LogP contribution is -2.34. The van der Waals surface area contributed by atoms with Gasteiger partial charge >= 0.3 is 0 Å². The maximum absolute atomic E-state index is 11.4. The maximum atomic E-state index is 11.4. The molecule has 5 rings (SSSR count). The van der Waals surface area contributed by atoms with Gasteiger partial charge in [0, 0.05) is 41.8 Å². The summed E-state index contributed by atoms with van der Waals surface area (Å²) in [6.07, 6.45) is 2.04. The monoisotopic (exact) mass is 484 g/mol. The molecule has 1 aliphatic rings. The Bertz CT molecular complexity index is 1390. The van der Waals surface area contributed by atoms with Gasteiger partial charge in [-0.15, -0.1) is 0 Å². The fourth-order valence-electron chi connectivity index (χ4n) is 4.77. The summed E-state index contributed by atoms with van der Waals surface area (Å²) in [5, 5.41) is 32.1. The van der Waals surface area contributed by atoms with Gasteiger partial charge in [0.05, 0.1) is 21.9 Å². The Morgan fingerprint density at radius 3 is 2.44 bits per heavy atom. The van der Waals surface area contributed by atoms with Crippen LogP contribution < -0.4 is 0 Å². The lowest BCUT2D eigenvalue weighted by atomic mass is 9.97. The second-order valence-corrected chi connectivity index (χ2v) is 9.23. The number of H-pyrrole nitrogens is 1. The van der Waals surface area contributed by atoms with Gasteiger partial charge in [0.15, 0.2) is 5.88 Å². The van der Waals surface area contributed by atoms with Crippen molar-refractivity contribution in [2.45, 2.75) is 19.4 Å². The van der Waals surface area contributed by atoms with E-state index in [1.807, 2.05) is 42.5 Å². The highest BCUT2D eigenvalue weighted by atomic mass is 16.6. The van der Waals surface area contributed by atoms with Crippen molar-refractivity contribution in [1.82, 2.24) is 9.88 Å². The van der Waals surface area contributed by atoms with Crippen LogP contribution in [0.2, 0.25) is 0 Å². The van der Waals surface area contributed by atoms with E-state index in [1.165, 1.54) is 17.7 Å². The van der Waals surface area contributed by atoms with Crippen LogP contribution in [-0.4, -0.2) is 50.4 Å². The third kappa shape index (κ3) is 5.00. The van der Waals surface area contributed by atoms with Gasteiger partial charge in [0.2, 0.25) is 0 Å². The van der Waals surface area contributed by atoms with Gasteiger partial charge in [0.25, 0.3) is 5.69 Å². The predicted molar refractivity (Wildman–Crippen MR) is 140 cm³/mol. The fourth-order valence-corrected chi connectivity index (χ4v) is 4.77. The quantitative estimate of drug-likeness (QED) is 0.191. The summed E-state index contributed by atoms with van der Waals surface area (Å²) in [6, 6.07) is 22.0. The average molecular weight is 485 g/mol. The Morgan fingerprint density at radius 1 is 1.06 bits per heavy atom. The molecule has 184 valence electrons. The Balaban J connectivity index is 1.49. The lowest BCUT2D eigenvalue weighted by Gasteiger charge is -2.31. The van der Waals surface area contributed by atoms with Crippen molar-refractivity contribution < 1.29 is 15.1 Å². The number of nitrogens with one attached hydrogen (secondary N) is 1. The summed E-state index contributed by atoms with van der Waals surface area (Å²) in [5.74, 6) is 0.327. The van der Waals surface area contributed by atoms with E-state index in [0.29, 0.717) is 28.1 Å². The van der Waals surface area contributed by atoms with Gasteiger partial charge in [-0.05, 0) is 55.6 Å². The van der Waals surface area contributed by atoms with E-state index < -0.39 is 4.92 Å². The number of aliphatic imine (C=N–C) groups is 1. The van der Waals surface area contributed by atoms with Crippen molar-refractivity contribution in [1.29, 1.82) is 0 Å². The van der Waals surface area contributed by atoms with Crippen LogP contribution in [0.25, 0.3) is 10.9 Å². The van der Waals surface area contributed by atoms with Crippen LogP contribution in [0.1, 0.15) is 29.5 Å². The minimum Gasteiger partial charge on any atom is -0.494 e. The van der Waals surface area contributed by atoms with E-state index >= 15 is 0 Å². The summed E-state index contributed by atoms with van der Waals surface area (Å²) in [4.78, 5) is 21.2. The first-order valence-corrected chi connectivity index (χ1v) is 12.1. The molecule has 0 spiro atoms.